The van der Waals surface area contributed by atoms with Crippen molar-refractivity contribution >= 4 is 5.78 Å². The Balaban J connectivity index is 1.57. The number of rotatable bonds is 4. The number of morpholine rings is 1. The number of Topliss-reactive ketones (excluding diaryl/α,β-unsaturated/α-hetero) is 1. The molecule has 3 rings (SSSR count). The molecule has 1 atom stereocenters. The smallest absolute Gasteiger partial charge is 0.168 e. The van der Waals surface area contributed by atoms with Crippen molar-refractivity contribution in [1.29, 1.82) is 0 Å². The van der Waals surface area contributed by atoms with Gasteiger partial charge in [-0.2, -0.15) is 5.10 Å². The molecule has 2 heterocycles. The number of carbonyl (C=O) groups excluding carboxylic acids is 1. The number of nitrogens with one attached hydrogen (secondary N) is 1. The summed E-state index contributed by atoms with van der Waals surface area (Å²) >= 11 is 0. The maximum absolute atomic E-state index is 12.1. The number of ketones is 1. The van der Waals surface area contributed by atoms with E-state index in [4.69, 9.17) is 4.74 Å². The van der Waals surface area contributed by atoms with Crippen LogP contribution in [0.3, 0.4) is 0 Å². The van der Waals surface area contributed by atoms with Crippen LogP contribution in [0.15, 0.2) is 12.3 Å². The fourth-order valence-corrected chi connectivity index (χ4v) is 3.09. The second-order valence-electron chi connectivity index (χ2n) is 5.79. The Kier molecular flexibility index (Phi) is 4.47. The maximum Gasteiger partial charge on any atom is 0.168 e. The topological polar surface area (TPSA) is 56.2 Å². The molecule has 1 saturated heterocycles. The first kappa shape index (κ1) is 13.8. The van der Waals surface area contributed by atoms with Crippen molar-refractivity contribution in [3.63, 3.8) is 0 Å². The summed E-state index contributed by atoms with van der Waals surface area (Å²) in [6.45, 7) is 2.08. The Morgan fingerprint density at radius 3 is 3.00 bits per heavy atom. The summed E-state index contributed by atoms with van der Waals surface area (Å²) in [5, 5.41) is 7.78. The first-order valence-electron chi connectivity index (χ1n) is 7.72. The summed E-state index contributed by atoms with van der Waals surface area (Å²) in [5.41, 5.74) is 0.870. The molecule has 1 N–H and O–H groups in total. The minimum Gasteiger partial charge on any atom is -0.368 e. The van der Waals surface area contributed by atoms with Gasteiger partial charge < -0.3 is 10.1 Å². The van der Waals surface area contributed by atoms with Crippen molar-refractivity contribution in [2.24, 2.45) is 0 Å². The molecule has 1 saturated carbocycles. The van der Waals surface area contributed by atoms with E-state index in [0.29, 0.717) is 25.6 Å². The molecule has 2 aliphatic rings. The van der Waals surface area contributed by atoms with Gasteiger partial charge in [-0.3, -0.25) is 9.48 Å². The van der Waals surface area contributed by atoms with Crippen LogP contribution in [0.2, 0.25) is 0 Å². The third-order valence-corrected chi connectivity index (χ3v) is 4.25. The molecule has 20 heavy (non-hydrogen) atoms. The summed E-state index contributed by atoms with van der Waals surface area (Å²) < 4.78 is 7.55. The van der Waals surface area contributed by atoms with Gasteiger partial charge >= 0.3 is 0 Å². The van der Waals surface area contributed by atoms with Crippen LogP contribution in [-0.4, -0.2) is 41.4 Å². The Hall–Kier alpha value is -1.20. The number of hydrogen-bond acceptors (Lipinski definition) is 4. The quantitative estimate of drug-likeness (QED) is 0.906. The van der Waals surface area contributed by atoms with Crippen LogP contribution in [0.5, 0.6) is 0 Å². The van der Waals surface area contributed by atoms with Gasteiger partial charge in [0.25, 0.3) is 0 Å². The van der Waals surface area contributed by atoms with E-state index in [-0.39, 0.29) is 11.9 Å². The normalized spacial score (nSPS) is 24.7. The Morgan fingerprint density at radius 1 is 1.40 bits per heavy atom. The van der Waals surface area contributed by atoms with Gasteiger partial charge in [0.05, 0.1) is 24.8 Å². The number of aromatic nitrogens is 2. The van der Waals surface area contributed by atoms with Gasteiger partial charge in [-0.1, -0.05) is 19.3 Å². The van der Waals surface area contributed by atoms with E-state index in [1.54, 1.807) is 0 Å². The molecule has 1 aromatic heterocycles. The number of nitrogens with zero attached hydrogens (tertiary/aromatic N) is 2. The minimum absolute atomic E-state index is 0.131. The lowest BCUT2D eigenvalue weighted by atomic mass is 9.96. The Morgan fingerprint density at radius 2 is 2.25 bits per heavy atom. The zero-order chi connectivity index (χ0) is 13.8. The highest BCUT2D eigenvalue weighted by molar-refractivity contribution is 5.85. The molecule has 5 heteroatoms. The summed E-state index contributed by atoms with van der Waals surface area (Å²) in [7, 11) is 0. The molecule has 110 valence electrons. The van der Waals surface area contributed by atoms with Crippen LogP contribution >= 0.6 is 0 Å². The van der Waals surface area contributed by atoms with E-state index in [9.17, 15) is 4.79 Å². The summed E-state index contributed by atoms with van der Waals surface area (Å²) in [6, 6.07) is 2.50. The zero-order valence-electron chi connectivity index (χ0n) is 11.9. The highest BCUT2D eigenvalue weighted by Crippen LogP contribution is 2.27. The minimum atomic E-state index is -0.302. The van der Waals surface area contributed by atoms with Crippen molar-refractivity contribution < 1.29 is 9.53 Å². The summed E-state index contributed by atoms with van der Waals surface area (Å²) in [6.07, 6.45) is 8.46. The zero-order valence-corrected chi connectivity index (χ0v) is 11.9. The maximum atomic E-state index is 12.1. The van der Waals surface area contributed by atoms with Crippen LogP contribution < -0.4 is 5.32 Å². The lowest BCUT2D eigenvalue weighted by Gasteiger charge is -2.22. The highest BCUT2D eigenvalue weighted by Gasteiger charge is 2.23. The lowest BCUT2D eigenvalue weighted by molar-refractivity contribution is -0.131. The number of carbonyl (C=O) groups is 1. The Bertz CT molecular complexity index is 446. The van der Waals surface area contributed by atoms with Gasteiger partial charge in [0.2, 0.25) is 0 Å². The first-order valence-corrected chi connectivity index (χ1v) is 7.72. The van der Waals surface area contributed by atoms with Gasteiger partial charge in [0.1, 0.15) is 6.10 Å². The first-order chi connectivity index (χ1) is 9.83. The molecule has 1 unspecified atom stereocenters. The molecule has 0 radical (unpaired) electrons. The average Bonchev–Trinajstić information content (AvgIpc) is 2.97. The molecule has 0 aromatic carbocycles. The molecule has 1 aromatic rings. The molecule has 5 nitrogen and oxygen atoms in total. The molecule has 2 fully saturated rings. The van der Waals surface area contributed by atoms with Crippen LogP contribution in [0.25, 0.3) is 0 Å². The molecular formula is C15H23N3O2. The molecule has 1 aliphatic carbocycles. The molecular weight excluding hydrogens is 254 g/mol. The highest BCUT2D eigenvalue weighted by atomic mass is 16.5. The predicted molar refractivity (Wildman–Crippen MR) is 75.7 cm³/mol. The van der Waals surface area contributed by atoms with Crippen LogP contribution in [-0.2, 0) is 16.0 Å². The second-order valence-corrected chi connectivity index (χ2v) is 5.79. The average molecular weight is 277 g/mol. The summed E-state index contributed by atoms with van der Waals surface area (Å²) in [5.74, 6) is 0.131. The van der Waals surface area contributed by atoms with Gasteiger partial charge in [-0.05, 0) is 18.9 Å². The standard InChI is InChI=1S/C15H23N3O2/c19-14(15-11-16-7-9-20-15)10-12-6-8-18(17-12)13-4-2-1-3-5-13/h6,8,13,15-16H,1-5,7,9-11H2. The third kappa shape index (κ3) is 3.27. The molecule has 0 spiro atoms. The van der Waals surface area contributed by atoms with Crippen molar-refractivity contribution in [2.75, 3.05) is 19.7 Å². The van der Waals surface area contributed by atoms with E-state index in [1.165, 1.54) is 32.1 Å². The van der Waals surface area contributed by atoms with E-state index in [1.807, 2.05) is 12.3 Å². The number of hydrogen-bond donors (Lipinski definition) is 1. The van der Waals surface area contributed by atoms with Crippen molar-refractivity contribution in [1.82, 2.24) is 15.1 Å². The molecule has 1 aliphatic heterocycles. The lowest BCUT2D eigenvalue weighted by Crippen LogP contribution is -2.43. The van der Waals surface area contributed by atoms with E-state index in [2.05, 4.69) is 15.1 Å². The number of ether oxygens (including phenoxy) is 1. The Labute approximate surface area is 119 Å². The van der Waals surface area contributed by atoms with Crippen molar-refractivity contribution in [3.8, 4) is 0 Å². The van der Waals surface area contributed by atoms with Gasteiger partial charge in [-0.15, -0.1) is 0 Å². The van der Waals surface area contributed by atoms with E-state index in [0.717, 1.165) is 12.2 Å². The molecule has 0 amide bonds. The summed E-state index contributed by atoms with van der Waals surface area (Å²) in [4.78, 5) is 12.1. The van der Waals surface area contributed by atoms with E-state index < -0.39 is 0 Å². The predicted octanol–water partition coefficient (Wildman–Crippen LogP) is 1.49. The van der Waals surface area contributed by atoms with Crippen LogP contribution in [0, 0.1) is 0 Å². The van der Waals surface area contributed by atoms with Crippen LogP contribution in [0.4, 0.5) is 0 Å². The second kappa shape index (κ2) is 6.50. The van der Waals surface area contributed by atoms with Gasteiger partial charge in [0, 0.05) is 19.3 Å². The largest absolute Gasteiger partial charge is 0.368 e. The monoisotopic (exact) mass is 277 g/mol. The van der Waals surface area contributed by atoms with Crippen LogP contribution in [0.1, 0.15) is 43.8 Å². The van der Waals surface area contributed by atoms with Crippen molar-refractivity contribution in [3.05, 3.63) is 18.0 Å². The van der Waals surface area contributed by atoms with Crippen molar-refractivity contribution in [2.45, 2.75) is 50.7 Å². The third-order valence-electron chi connectivity index (χ3n) is 4.25. The van der Waals surface area contributed by atoms with Gasteiger partial charge in [-0.25, -0.2) is 0 Å². The van der Waals surface area contributed by atoms with Gasteiger partial charge in [0.15, 0.2) is 5.78 Å². The molecule has 0 bridgehead atoms. The van der Waals surface area contributed by atoms with E-state index >= 15 is 0 Å². The SMILES string of the molecule is O=C(Cc1ccn(C2CCCCC2)n1)C1CNCCO1. The fourth-order valence-electron chi connectivity index (χ4n) is 3.09. The fraction of sp³-hybridized carbons (Fsp3) is 0.733.